The van der Waals surface area contributed by atoms with E-state index in [1.165, 1.54) is 10.9 Å². The molecule has 140 valence electrons. The van der Waals surface area contributed by atoms with Crippen LogP contribution in [0.15, 0.2) is 6.33 Å². The molecule has 11 nitrogen and oxygen atoms in total. The van der Waals surface area contributed by atoms with Gasteiger partial charge in [-0.2, -0.15) is 12.6 Å². The van der Waals surface area contributed by atoms with Crippen molar-refractivity contribution in [3.63, 3.8) is 0 Å². The summed E-state index contributed by atoms with van der Waals surface area (Å²) in [6, 6.07) is 0. The molecule has 0 aromatic carbocycles. The zero-order valence-corrected chi connectivity index (χ0v) is 15.0. The molecule has 1 aliphatic heterocycles. The summed E-state index contributed by atoms with van der Waals surface area (Å²) in [5.74, 6) is 2.90. The van der Waals surface area contributed by atoms with Crippen molar-refractivity contribution in [3.8, 4) is 12.3 Å². The number of hydrogen-bond donors (Lipinski definition) is 5. The lowest BCUT2D eigenvalue weighted by molar-refractivity contribution is -0.0422. The molecule has 26 heavy (non-hydrogen) atoms. The Morgan fingerprint density at radius 1 is 1.50 bits per heavy atom. The van der Waals surface area contributed by atoms with E-state index in [0.29, 0.717) is 17.0 Å². The number of aliphatic hydroxyl groups is 1. The van der Waals surface area contributed by atoms with E-state index in [9.17, 15) is 9.67 Å². The van der Waals surface area contributed by atoms with Gasteiger partial charge < -0.3 is 25.4 Å². The number of nitrogens with zero attached hydrogens (tertiary/aromatic N) is 4. The van der Waals surface area contributed by atoms with Gasteiger partial charge in [0.25, 0.3) is 0 Å². The van der Waals surface area contributed by atoms with Gasteiger partial charge in [-0.3, -0.25) is 9.09 Å². The lowest BCUT2D eigenvalue weighted by atomic mass is 10.2. The Labute approximate surface area is 153 Å². The van der Waals surface area contributed by atoms with Gasteiger partial charge in [0.2, 0.25) is 0 Å². The van der Waals surface area contributed by atoms with Crippen LogP contribution in [0.2, 0.25) is 0 Å². The first kappa shape index (κ1) is 19.1. The second-order valence-electron chi connectivity index (χ2n) is 5.56. The molecular formula is C13H16N5O6PS. The van der Waals surface area contributed by atoms with Crippen molar-refractivity contribution in [1.29, 1.82) is 0 Å². The van der Waals surface area contributed by atoms with Gasteiger partial charge in [-0.15, -0.1) is 6.42 Å². The number of aliphatic hydroxyl groups excluding tert-OH is 1. The molecule has 0 amide bonds. The predicted molar refractivity (Wildman–Crippen MR) is 93.0 cm³/mol. The lowest BCUT2D eigenvalue weighted by Gasteiger charge is -2.17. The molecule has 3 rings (SSSR count). The number of thiol groups is 1. The molecule has 0 aliphatic carbocycles. The van der Waals surface area contributed by atoms with Crippen LogP contribution in [-0.4, -0.2) is 58.5 Å². The maximum Gasteiger partial charge on any atom is 0.469 e. The molecule has 0 bridgehead atoms. The van der Waals surface area contributed by atoms with Crippen LogP contribution < -0.4 is 5.73 Å². The Balaban J connectivity index is 1.91. The highest BCUT2D eigenvalue weighted by Gasteiger charge is 2.44. The van der Waals surface area contributed by atoms with E-state index >= 15 is 0 Å². The van der Waals surface area contributed by atoms with Gasteiger partial charge in [-0.05, 0) is 0 Å². The maximum absolute atomic E-state index is 10.9. The third kappa shape index (κ3) is 3.70. The number of hydrogen-bond acceptors (Lipinski definition) is 9. The summed E-state index contributed by atoms with van der Waals surface area (Å²) in [5, 5.41) is 9.51. The molecule has 0 spiro atoms. The van der Waals surface area contributed by atoms with Crippen molar-refractivity contribution < 1.29 is 28.7 Å². The van der Waals surface area contributed by atoms with Gasteiger partial charge in [-0.25, -0.2) is 19.5 Å². The largest absolute Gasteiger partial charge is 0.469 e. The number of aromatic nitrogens is 4. The van der Waals surface area contributed by atoms with Crippen LogP contribution in [0.25, 0.3) is 11.2 Å². The number of anilines is 1. The van der Waals surface area contributed by atoms with E-state index in [-0.39, 0.29) is 12.2 Å². The predicted octanol–water partition coefficient (Wildman–Crippen LogP) is -0.750. The van der Waals surface area contributed by atoms with Crippen LogP contribution in [0, 0.1) is 12.3 Å². The fourth-order valence-electron chi connectivity index (χ4n) is 2.61. The fraction of sp³-hybridized carbons (Fsp3) is 0.462. The summed E-state index contributed by atoms with van der Waals surface area (Å²) < 4.78 is 22.4. The Morgan fingerprint density at radius 2 is 2.23 bits per heavy atom. The smallest absolute Gasteiger partial charge is 0.389 e. The van der Waals surface area contributed by atoms with Crippen molar-refractivity contribution in [2.24, 2.45) is 0 Å². The zero-order chi connectivity index (χ0) is 19.1. The second kappa shape index (κ2) is 7.13. The summed E-state index contributed by atoms with van der Waals surface area (Å²) in [5.41, 5.74) is 6.55. The molecule has 0 saturated carbocycles. The van der Waals surface area contributed by atoms with Crippen LogP contribution in [0.3, 0.4) is 0 Å². The third-order valence-electron chi connectivity index (χ3n) is 3.77. The Morgan fingerprint density at radius 3 is 2.88 bits per heavy atom. The first-order valence-electron chi connectivity index (χ1n) is 7.35. The average Bonchev–Trinajstić information content (AvgIpc) is 3.08. The van der Waals surface area contributed by atoms with Crippen LogP contribution in [0.4, 0.5) is 5.82 Å². The van der Waals surface area contributed by atoms with Gasteiger partial charge in [0, 0.05) is 0 Å². The Hall–Kier alpha value is -1.71. The number of ether oxygens (including phenoxy) is 1. The summed E-state index contributed by atoms with van der Waals surface area (Å²) in [6.07, 6.45) is 3.88. The molecule has 13 heteroatoms. The number of nitrogen functional groups attached to an aromatic ring is 1. The summed E-state index contributed by atoms with van der Waals surface area (Å²) in [6.45, 7) is -0.509. The number of nitrogens with two attached hydrogens (primary N) is 1. The summed E-state index contributed by atoms with van der Waals surface area (Å²) in [7, 11) is -4.70. The van der Waals surface area contributed by atoms with Crippen molar-refractivity contribution in [3.05, 3.63) is 12.2 Å². The Kier molecular flexibility index (Phi) is 5.23. The van der Waals surface area contributed by atoms with Crippen molar-refractivity contribution >= 4 is 37.4 Å². The van der Waals surface area contributed by atoms with Gasteiger partial charge in [-0.1, -0.05) is 5.92 Å². The minimum atomic E-state index is -4.70. The molecule has 4 atom stereocenters. The Bertz CT molecular complexity index is 910. The van der Waals surface area contributed by atoms with Gasteiger partial charge >= 0.3 is 7.82 Å². The van der Waals surface area contributed by atoms with Crippen LogP contribution in [0.5, 0.6) is 0 Å². The standard InChI is InChI=1S/C13H16N5O6PS/c1-2-3-7-16-11(14)8-12(17-7)18(5-15-8)13-10(26)9(19)6(24-13)4-23-25(20,21)22/h1,5-6,9-10,13,19,26H,3-4H2,(H2,14,16,17)(H2,20,21,22)/t6-,9-,10-,13-/m1/s1. The highest BCUT2D eigenvalue weighted by molar-refractivity contribution is 7.81. The summed E-state index contributed by atoms with van der Waals surface area (Å²) >= 11 is 4.33. The molecule has 5 N–H and O–H groups in total. The molecular weight excluding hydrogens is 385 g/mol. The highest BCUT2D eigenvalue weighted by atomic mass is 32.1. The first-order chi connectivity index (χ1) is 12.2. The number of fused-ring (bicyclic) bond motifs is 1. The molecule has 0 unspecified atom stereocenters. The zero-order valence-electron chi connectivity index (χ0n) is 13.2. The molecule has 3 heterocycles. The fourth-order valence-corrected chi connectivity index (χ4v) is 3.36. The quantitative estimate of drug-likeness (QED) is 0.244. The lowest BCUT2D eigenvalue weighted by Crippen LogP contribution is -2.30. The number of phosphoric ester groups is 1. The van der Waals surface area contributed by atoms with Crippen molar-refractivity contribution in [2.75, 3.05) is 12.3 Å². The highest BCUT2D eigenvalue weighted by Crippen LogP contribution is 2.40. The van der Waals surface area contributed by atoms with E-state index in [1.807, 2.05) is 0 Å². The minimum absolute atomic E-state index is 0.148. The van der Waals surface area contributed by atoms with Crippen molar-refractivity contribution in [1.82, 2.24) is 19.5 Å². The van der Waals surface area contributed by atoms with Crippen LogP contribution >= 0.6 is 20.5 Å². The number of rotatable bonds is 5. The normalized spacial score (nSPS) is 26.3. The topological polar surface area (TPSA) is 166 Å². The van der Waals surface area contributed by atoms with Crippen LogP contribution in [-0.2, 0) is 20.2 Å². The third-order valence-corrected chi connectivity index (χ3v) is 4.82. The first-order valence-corrected chi connectivity index (χ1v) is 9.40. The SMILES string of the molecule is C#CCc1nc(N)c2ncn([C@@H]3O[C@H](COP(=O)(O)O)[C@@H](O)[C@H]3S)c2n1. The van der Waals surface area contributed by atoms with E-state index < -0.39 is 38.1 Å². The van der Waals surface area contributed by atoms with Gasteiger partial charge in [0.15, 0.2) is 17.7 Å². The monoisotopic (exact) mass is 401 g/mol. The minimum Gasteiger partial charge on any atom is -0.389 e. The van der Waals surface area contributed by atoms with E-state index in [1.54, 1.807) is 0 Å². The number of terminal acetylenes is 1. The molecule has 2 aromatic rings. The summed E-state index contributed by atoms with van der Waals surface area (Å²) in [4.78, 5) is 30.1. The molecule has 1 aliphatic rings. The van der Waals surface area contributed by atoms with Crippen molar-refractivity contribution in [2.45, 2.75) is 30.1 Å². The van der Waals surface area contributed by atoms with E-state index in [2.05, 4.69) is 38.0 Å². The molecule has 1 fully saturated rings. The van der Waals surface area contributed by atoms with E-state index in [0.717, 1.165) is 0 Å². The van der Waals surface area contributed by atoms with Crippen LogP contribution in [0.1, 0.15) is 12.1 Å². The molecule has 0 radical (unpaired) electrons. The van der Waals surface area contributed by atoms with Gasteiger partial charge in [0.05, 0.1) is 30.7 Å². The number of imidazole rings is 1. The molecule has 2 aromatic heterocycles. The second-order valence-corrected chi connectivity index (χ2v) is 7.40. The maximum atomic E-state index is 10.9. The van der Waals surface area contributed by atoms with Gasteiger partial charge in [0.1, 0.15) is 17.4 Å². The average molecular weight is 401 g/mol. The number of phosphoric acid groups is 1. The molecule has 1 saturated heterocycles. The van der Waals surface area contributed by atoms with E-state index in [4.69, 9.17) is 26.7 Å².